The van der Waals surface area contributed by atoms with Crippen molar-refractivity contribution in [2.45, 2.75) is 91.9 Å². The molecule has 0 bridgehead atoms. The largest absolute Gasteiger partial charge is 0.507 e. The Balaban J connectivity index is 0.000000173. The molecule has 6 heteroatoms. The maximum absolute atomic E-state index is 12.0. The number of phenolic OH excluding ortho intramolecular Hbond substituents is 1. The van der Waals surface area contributed by atoms with E-state index in [0.717, 1.165) is 71.6 Å². The Labute approximate surface area is 436 Å². The van der Waals surface area contributed by atoms with Crippen molar-refractivity contribution in [2.75, 3.05) is 0 Å². The van der Waals surface area contributed by atoms with Crippen LogP contribution in [-0.2, 0) is 31.9 Å². The fourth-order valence-corrected chi connectivity index (χ4v) is 10.6. The zero-order valence-corrected chi connectivity index (χ0v) is 45.0. The van der Waals surface area contributed by atoms with Gasteiger partial charge in [-0.05, 0) is 131 Å². The van der Waals surface area contributed by atoms with E-state index in [0.29, 0.717) is 5.75 Å². The third-order valence-electron chi connectivity index (χ3n) is 14.3. The molecule has 362 valence electrons. The van der Waals surface area contributed by atoms with Crippen LogP contribution < -0.4 is 0 Å². The minimum Gasteiger partial charge on any atom is -0.507 e. The first-order chi connectivity index (χ1) is 34.1. The minimum absolute atomic E-state index is 0. The van der Waals surface area contributed by atoms with Gasteiger partial charge in [0.25, 0.3) is 0 Å². The van der Waals surface area contributed by atoms with Crippen LogP contribution in [0.5, 0.6) is 5.75 Å². The Hall–Kier alpha value is -7.07. The van der Waals surface area contributed by atoms with E-state index in [1.807, 2.05) is 18.3 Å². The smallest absolute Gasteiger partial charge is 0.149 e. The molecule has 12 aromatic rings. The van der Waals surface area contributed by atoms with Gasteiger partial charge in [-0.15, -0.1) is 17.5 Å². The molecule has 72 heavy (non-hydrogen) atoms. The van der Waals surface area contributed by atoms with Crippen molar-refractivity contribution in [2.24, 2.45) is 0 Å². The number of hydrogen-bond acceptors (Lipinski definition) is 4. The summed E-state index contributed by atoms with van der Waals surface area (Å²) in [5, 5.41) is 22.2. The number of hydrogen-bond donors (Lipinski definition) is 1. The summed E-state index contributed by atoms with van der Waals surface area (Å²) in [6, 6.07) is 58.9. The first-order valence-electron chi connectivity index (χ1n) is 25.0. The maximum Gasteiger partial charge on any atom is 0.149 e. The molecule has 0 aliphatic rings. The number of nitrogens with zero attached hydrogens (tertiary/aromatic N) is 3. The molecule has 5 nitrogen and oxygen atoms in total. The van der Waals surface area contributed by atoms with Crippen LogP contribution in [-0.4, -0.2) is 19.6 Å². The molecule has 0 saturated carbocycles. The number of rotatable bonds is 5. The summed E-state index contributed by atoms with van der Waals surface area (Å²) < 4.78 is 8.81. The Bertz CT molecular complexity index is 3970. The first-order valence-corrected chi connectivity index (χ1v) is 25.0. The number of aromatic nitrogens is 3. The minimum atomic E-state index is -0.236. The van der Waals surface area contributed by atoms with Gasteiger partial charge in [-0.1, -0.05) is 189 Å². The Morgan fingerprint density at radius 1 is 0.597 bits per heavy atom. The molecule has 0 radical (unpaired) electrons. The Morgan fingerprint density at radius 3 is 1.93 bits per heavy atom. The molecule has 3 heterocycles. The summed E-state index contributed by atoms with van der Waals surface area (Å²) in [5.74, 6) is 1.64. The topological polar surface area (TPSA) is 64.1 Å². The number of phenols is 1. The SMILES string of the molecule is CC(C)c1cc(-c2ccccc2)cc(C(C)C)c1-n1c(-c2cc(C(C)(C)C)cc(C(C)(C)C)c2O)nc2ccccc21.[Pt].[c-]1cc2c(oc3ccc4ccccc4c32)c2c1c1ncccc1c1ccccc12. The van der Waals surface area contributed by atoms with E-state index < -0.39 is 0 Å². The molecule has 0 aliphatic carbocycles. The van der Waals surface area contributed by atoms with Crippen molar-refractivity contribution in [3.8, 4) is 34.0 Å². The standard InChI is InChI=1S/C39H46N2O.C27H14NO.Pt/c1-24(2)29-20-27(26-16-12-11-13-17-26)21-30(25(3)4)35(29)41-34-19-15-14-18-33(34)40-37(41)31-22-28(38(5,6)7)23-32(36(31)42)39(8,9)10;1-2-7-17-16(6-1)11-14-23-24(17)22-13-12-21-25(27(22)29-23)19-9-4-3-8-18(19)20-10-5-15-28-26(20)21;/h11-25,42H,1-10H3;1-11,13-15H;/q;-1;. The third kappa shape index (κ3) is 8.26. The normalized spacial score (nSPS) is 12.2. The molecule has 0 amide bonds. The van der Waals surface area contributed by atoms with Gasteiger partial charge in [-0.25, -0.2) is 4.98 Å². The van der Waals surface area contributed by atoms with Crippen LogP contribution in [0.2, 0.25) is 0 Å². The second-order valence-electron chi connectivity index (χ2n) is 21.8. The van der Waals surface area contributed by atoms with Crippen LogP contribution >= 0.6 is 0 Å². The number of benzene rings is 9. The van der Waals surface area contributed by atoms with Gasteiger partial charge in [-0.2, -0.15) is 0 Å². The summed E-state index contributed by atoms with van der Waals surface area (Å²) in [6.45, 7) is 22.3. The van der Waals surface area contributed by atoms with Gasteiger partial charge in [0, 0.05) is 32.8 Å². The van der Waals surface area contributed by atoms with E-state index in [2.05, 4.69) is 225 Å². The number of fused-ring (bicyclic) bond motifs is 13. The number of pyridine rings is 1. The van der Waals surface area contributed by atoms with Crippen LogP contribution in [0.3, 0.4) is 0 Å². The molecule has 0 spiro atoms. The maximum atomic E-state index is 12.0. The van der Waals surface area contributed by atoms with Crippen molar-refractivity contribution >= 4 is 76.2 Å². The van der Waals surface area contributed by atoms with Gasteiger partial charge in [0.05, 0.1) is 27.9 Å². The van der Waals surface area contributed by atoms with Gasteiger partial charge in [0.1, 0.15) is 17.2 Å². The van der Waals surface area contributed by atoms with Crippen molar-refractivity contribution < 1.29 is 30.6 Å². The number of imidazole rings is 1. The second-order valence-corrected chi connectivity index (χ2v) is 21.8. The summed E-state index contributed by atoms with van der Waals surface area (Å²) >= 11 is 0. The van der Waals surface area contributed by atoms with Crippen molar-refractivity contribution in [1.82, 2.24) is 14.5 Å². The van der Waals surface area contributed by atoms with E-state index in [1.54, 1.807) is 0 Å². The van der Waals surface area contributed by atoms with Crippen LogP contribution in [0.25, 0.3) is 104 Å². The van der Waals surface area contributed by atoms with Crippen LogP contribution in [0.1, 0.15) is 103 Å². The average Bonchev–Trinajstić information content (AvgIpc) is 3.95. The van der Waals surface area contributed by atoms with E-state index in [4.69, 9.17) is 14.4 Å². The Morgan fingerprint density at radius 2 is 1.24 bits per heavy atom. The molecule has 12 rings (SSSR count). The Kier molecular flexibility index (Phi) is 12.5. The van der Waals surface area contributed by atoms with Gasteiger partial charge in [-0.3, -0.25) is 4.57 Å². The number of para-hydroxylation sites is 2. The molecular formula is C66H60N3O2Pt-. The van der Waals surface area contributed by atoms with E-state index in [9.17, 15) is 5.11 Å². The van der Waals surface area contributed by atoms with Crippen LogP contribution in [0.15, 0.2) is 168 Å². The number of furan rings is 1. The van der Waals surface area contributed by atoms with Gasteiger partial charge in [0.15, 0.2) is 0 Å². The van der Waals surface area contributed by atoms with Crippen molar-refractivity contribution in [3.05, 3.63) is 192 Å². The van der Waals surface area contributed by atoms with Gasteiger partial charge in [0.2, 0.25) is 0 Å². The molecule has 3 aromatic heterocycles. The fraction of sp³-hybridized carbons (Fsp3) is 0.212. The molecule has 0 unspecified atom stereocenters. The summed E-state index contributed by atoms with van der Waals surface area (Å²) in [6.07, 6.45) is 1.85. The molecule has 1 N–H and O–H groups in total. The molecular weight excluding hydrogens is 1060 g/mol. The fourth-order valence-electron chi connectivity index (χ4n) is 10.6. The molecule has 0 atom stereocenters. The van der Waals surface area contributed by atoms with Gasteiger partial charge < -0.3 is 14.5 Å². The molecule has 9 aromatic carbocycles. The summed E-state index contributed by atoms with van der Waals surface area (Å²) in [5.41, 5.74) is 13.5. The third-order valence-corrected chi connectivity index (χ3v) is 14.3. The van der Waals surface area contributed by atoms with Crippen molar-refractivity contribution in [3.63, 3.8) is 0 Å². The predicted molar refractivity (Wildman–Crippen MR) is 300 cm³/mol. The molecule has 0 fully saturated rings. The molecule has 0 saturated heterocycles. The van der Waals surface area contributed by atoms with E-state index in [-0.39, 0.29) is 43.7 Å². The summed E-state index contributed by atoms with van der Waals surface area (Å²) in [4.78, 5) is 9.95. The summed E-state index contributed by atoms with van der Waals surface area (Å²) in [7, 11) is 0. The monoisotopic (exact) mass is 1120 g/mol. The zero-order chi connectivity index (χ0) is 49.5. The predicted octanol–water partition coefficient (Wildman–Crippen LogP) is 18.3. The second kappa shape index (κ2) is 18.5. The molecule has 0 aliphatic heterocycles. The van der Waals surface area contributed by atoms with Gasteiger partial charge >= 0.3 is 0 Å². The number of aromatic hydroxyl groups is 1. The van der Waals surface area contributed by atoms with E-state index in [1.165, 1.54) is 55.0 Å². The zero-order valence-electron chi connectivity index (χ0n) is 42.8. The van der Waals surface area contributed by atoms with Crippen molar-refractivity contribution in [1.29, 1.82) is 0 Å². The first kappa shape index (κ1) is 48.6. The quantitative estimate of drug-likeness (QED) is 0.138. The van der Waals surface area contributed by atoms with Crippen LogP contribution in [0, 0.1) is 6.07 Å². The van der Waals surface area contributed by atoms with Crippen LogP contribution in [0.4, 0.5) is 0 Å². The van der Waals surface area contributed by atoms with E-state index >= 15 is 0 Å². The average molecular weight is 1120 g/mol.